The van der Waals surface area contributed by atoms with E-state index >= 15 is 0 Å². The molecule has 0 aromatic carbocycles. The highest BCUT2D eigenvalue weighted by Gasteiger charge is 2.12. The standard InChI is InChI=1S/C9H9N3O2/c1-12-8(6-2-3-10-5-6)4-7(11-12)9(13)14/h2-5,10H,1H3,(H,13,14). The van der Waals surface area contributed by atoms with Crippen molar-refractivity contribution < 1.29 is 9.90 Å². The van der Waals surface area contributed by atoms with Gasteiger partial charge in [-0.1, -0.05) is 0 Å². The third-order valence-corrected chi connectivity index (χ3v) is 1.99. The second kappa shape index (κ2) is 3.02. The number of aromatic carboxylic acids is 1. The summed E-state index contributed by atoms with van der Waals surface area (Å²) in [4.78, 5) is 13.6. The number of nitrogens with zero attached hydrogens (tertiary/aromatic N) is 2. The molecule has 0 unspecified atom stereocenters. The van der Waals surface area contributed by atoms with Gasteiger partial charge in [-0.05, 0) is 12.1 Å². The van der Waals surface area contributed by atoms with E-state index in [0.717, 1.165) is 11.3 Å². The number of aromatic nitrogens is 3. The molecule has 0 bridgehead atoms. The van der Waals surface area contributed by atoms with Crippen molar-refractivity contribution in [1.82, 2.24) is 14.8 Å². The first-order valence-electron chi connectivity index (χ1n) is 4.09. The summed E-state index contributed by atoms with van der Waals surface area (Å²) in [6, 6.07) is 3.41. The first-order chi connectivity index (χ1) is 6.68. The molecular formula is C9H9N3O2. The smallest absolute Gasteiger partial charge is 0.356 e. The number of nitrogens with one attached hydrogen (secondary N) is 1. The van der Waals surface area contributed by atoms with Crippen molar-refractivity contribution in [3.63, 3.8) is 0 Å². The summed E-state index contributed by atoms with van der Waals surface area (Å²) in [5, 5.41) is 12.6. The molecule has 72 valence electrons. The molecule has 0 spiro atoms. The third-order valence-electron chi connectivity index (χ3n) is 1.99. The second-order valence-corrected chi connectivity index (χ2v) is 2.94. The normalized spacial score (nSPS) is 10.4. The van der Waals surface area contributed by atoms with E-state index in [0.29, 0.717) is 0 Å². The predicted molar refractivity (Wildman–Crippen MR) is 50.0 cm³/mol. The molecule has 0 saturated heterocycles. The minimum atomic E-state index is -1.01. The van der Waals surface area contributed by atoms with Crippen molar-refractivity contribution in [2.45, 2.75) is 0 Å². The van der Waals surface area contributed by atoms with Gasteiger partial charge in [0.2, 0.25) is 0 Å². The number of carbonyl (C=O) groups is 1. The molecule has 0 aliphatic carbocycles. The minimum absolute atomic E-state index is 0.0590. The maximum atomic E-state index is 10.7. The van der Waals surface area contributed by atoms with E-state index in [4.69, 9.17) is 5.11 Å². The Morgan fingerprint density at radius 2 is 2.43 bits per heavy atom. The molecule has 5 heteroatoms. The van der Waals surface area contributed by atoms with Crippen LogP contribution in [0.25, 0.3) is 11.3 Å². The van der Waals surface area contributed by atoms with Crippen LogP contribution >= 0.6 is 0 Å². The maximum Gasteiger partial charge on any atom is 0.356 e. The lowest BCUT2D eigenvalue weighted by Crippen LogP contribution is -1.99. The summed E-state index contributed by atoms with van der Waals surface area (Å²) < 4.78 is 1.55. The van der Waals surface area contributed by atoms with Gasteiger partial charge in [-0.2, -0.15) is 5.10 Å². The van der Waals surface area contributed by atoms with E-state index in [9.17, 15) is 4.79 Å². The van der Waals surface area contributed by atoms with Crippen LogP contribution in [0.5, 0.6) is 0 Å². The van der Waals surface area contributed by atoms with Gasteiger partial charge in [0.1, 0.15) is 0 Å². The number of aryl methyl sites for hydroxylation is 1. The van der Waals surface area contributed by atoms with Crippen LogP contribution in [0.4, 0.5) is 0 Å². The molecule has 2 heterocycles. The lowest BCUT2D eigenvalue weighted by molar-refractivity contribution is 0.0689. The summed E-state index contributed by atoms with van der Waals surface area (Å²) in [6.45, 7) is 0. The van der Waals surface area contributed by atoms with Crippen molar-refractivity contribution in [2.24, 2.45) is 7.05 Å². The third kappa shape index (κ3) is 1.28. The molecule has 0 aliphatic heterocycles. The molecule has 0 atom stereocenters. The van der Waals surface area contributed by atoms with Gasteiger partial charge in [0.05, 0.1) is 5.69 Å². The zero-order valence-electron chi connectivity index (χ0n) is 7.56. The number of hydrogen-bond acceptors (Lipinski definition) is 2. The van der Waals surface area contributed by atoms with Crippen molar-refractivity contribution in [3.05, 3.63) is 30.2 Å². The average molecular weight is 191 g/mol. The van der Waals surface area contributed by atoms with Gasteiger partial charge in [0, 0.05) is 25.0 Å². The van der Waals surface area contributed by atoms with Crippen LogP contribution in [0.15, 0.2) is 24.5 Å². The van der Waals surface area contributed by atoms with Crippen LogP contribution in [-0.4, -0.2) is 25.8 Å². The molecule has 0 fully saturated rings. The summed E-state index contributed by atoms with van der Waals surface area (Å²) in [7, 11) is 1.72. The SMILES string of the molecule is Cn1nc(C(=O)O)cc1-c1cc[nH]c1. The van der Waals surface area contributed by atoms with E-state index in [1.165, 1.54) is 0 Å². The zero-order chi connectivity index (χ0) is 10.1. The Hall–Kier alpha value is -2.04. The summed E-state index contributed by atoms with van der Waals surface area (Å²) in [5.74, 6) is -1.01. The molecular weight excluding hydrogens is 182 g/mol. The van der Waals surface area contributed by atoms with Crippen LogP contribution < -0.4 is 0 Å². The van der Waals surface area contributed by atoms with Gasteiger partial charge in [-0.25, -0.2) is 4.79 Å². The van der Waals surface area contributed by atoms with Crippen molar-refractivity contribution >= 4 is 5.97 Å². The van der Waals surface area contributed by atoms with Crippen LogP contribution in [0, 0.1) is 0 Å². The number of carboxylic acid groups (broad SMARTS) is 1. The quantitative estimate of drug-likeness (QED) is 0.747. The molecule has 0 radical (unpaired) electrons. The highest BCUT2D eigenvalue weighted by atomic mass is 16.4. The van der Waals surface area contributed by atoms with Gasteiger partial charge < -0.3 is 10.1 Å². The van der Waals surface area contributed by atoms with Crippen LogP contribution in [0.2, 0.25) is 0 Å². The number of hydrogen-bond donors (Lipinski definition) is 2. The van der Waals surface area contributed by atoms with E-state index in [1.807, 2.05) is 6.07 Å². The second-order valence-electron chi connectivity index (χ2n) is 2.94. The molecule has 2 N–H and O–H groups in total. The summed E-state index contributed by atoms with van der Waals surface area (Å²) in [6.07, 6.45) is 3.57. The molecule has 0 saturated carbocycles. The molecule has 2 aromatic rings. The monoisotopic (exact) mass is 191 g/mol. The number of aromatic amines is 1. The van der Waals surface area contributed by atoms with Gasteiger partial charge in [-0.3, -0.25) is 4.68 Å². The summed E-state index contributed by atoms with van der Waals surface area (Å²) in [5.41, 5.74) is 1.76. The van der Waals surface area contributed by atoms with E-state index in [-0.39, 0.29) is 5.69 Å². The van der Waals surface area contributed by atoms with E-state index < -0.39 is 5.97 Å². The van der Waals surface area contributed by atoms with Gasteiger partial charge >= 0.3 is 5.97 Å². The van der Waals surface area contributed by atoms with Crippen molar-refractivity contribution in [1.29, 1.82) is 0 Å². The predicted octanol–water partition coefficient (Wildman–Crippen LogP) is 1.11. The Morgan fingerprint density at radius 1 is 1.64 bits per heavy atom. The Labute approximate surface area is 80.0 Å². The van der Waals surface area contributed by atoms with E-state index in [1.54, 1.807) is 30.2 Å². The van der Waals surface area contributed by atoms with Gasteiger partial charge in [0.25, 0.3) is 0 Å². The molecule has 0 amide bonds. The van der Waals surface area contributed by atoms with Crippen LogP contribution in [0.3, 0.4) is 0 Å². The molecule has 2 aromatic heterocycles. The Kier molecular flexibility index (Phi) is 1.85. The lowest BCUT2D eigenvalue weighted by atomic mass is 10.2. The zero-order valence-corrected chi connectivity index (χ0v) is 7.56. The minimum Gasteiger partial charge on any atom is -0.476 e. The largest absolute Gasteiger partial charge is 0.476 e. The molecule has 14 heavy (non-hydrogen) atoms. The number of rotatable bonds is 2. The molecule has 0 aliphatic rings. The van der Waals surface area contributed by atoms with Crippen LogP contribution in [-0.2, 0) is 7.05 Å². The Balaban J connectivity index is 2.50. The van der Waals surface area contributed by atoms with Crippen molar-refractivity contribution in [3.8, 4) is 11.3 Å². The van der Waals surface area contributed by atoms with E-state index in [2.05, 4.69) is 10.1 Å². The lowest BCUT2D eigenvalue weighted by Gasteiger charge is -1.95. The average Bonchev–Trinajstić information content (AvgIpc) is 2.71. The van der Waals surface area contributed by atoms with Gasteiger partial charge in [-0.15, -0.1) is 0 Å². The van der Waals surface area contributed by atoms with Gasteiger partial charge in [0.15, 0.2) is 5.69 Å². The Morgan fingerprint density at radius 3 is 2.93 bits per heavy atom. The fraction of sp³-hybridized carbons (Fsp3) is 0.111. The van der Waals surface area contributed by atoms with Crippen molar-refractivity contribution in [2.75, 3.05) is 0 Å². The molecule has 2 rings (SSSR count). The Bertz CT molecular complexity index is 456. The highest BCUT2D eigenvalue weighted by Crippen LogP contribution is 2.18. The number of H-pyrrole nitrogens is 1. The highest BCUT2D eigenvalue weighted by molar-refractivity contribution is 5.86. The van der Waals surface area contributed by atoms with Crippen LogP contribution in [0.1, 0.15) is 10.5 Å². The summed E-state index contributed by atoms with van der Waals surface area (Å²) >= 11 is 0. The maximum absolute atomic E-state index is 10.7. The first kappa shape index (κ1) is 8.55. The fourth-order valence-corrected chi connectivity index (χ4v) is 1.33. The first-order valence-corrected chi connectivity index (χ1v) is 4.09. The molecule has 5 nitrogen and oxygen atoms in total. The number of carboxylic acids is 1. The fourth-order valence-electron chi connectivity index (χ4n) is 1.33. The topological polar surface area (TPSA) is 70.9 Å².